The summed E-state index contributed by atoms with van der Waals surface area (Å²) in [5.74, 6) is -0.0637. The molecule has 0 fully saturated rings. The van der Waals surface area contributed by atoms with Gasteiger partial charge in [0.2, 0.25) is 15.7 Å². The van der Waals surface area contributed by atoms with Crippen LogP contribution >= 0.6 is 11.8 Å². The summed E-state index contributed by atoms with van der Waals surface area (Å²) in [6, 6.07) is 14.8. The standard InChI is InChI=1S/C20H18FN3O4S2/c1-28-16-6-2-4-14(10-16)12-22-18(25)13-29-19-8-9-20(24-23-19)30(26,27)17-7-3-5-15(21)11-17/h2-11H,12-13H2,1H3,(H,22,25). The van der Waals surface area contributed by atoms with Gasteiger partial charge >= 0.3 is 0 Å². The molecule has 0 spiro atoms. The average Bonchev–Trinajstić information content (AvgIpc) is 2.76. The predicted octanol–water partition coefficient (Wildman–Crippen LogP) is 2.87. The maximum atomic E-state index is 13.3. The summed E-state index contributed by atoms with van der Waals surface area (Å²) >= 11 is 1.12. The second-order valence-electron chi connectivity index (χ2n) is 6.09. The normalized spacial score (nSPS) is 11.1. The van der Waals surface area contributed by atoms with Gasteiger partial charge in [-0.15, -0.1) is 10.2 Å². The number of amides is 1. The third kappa shape index (κ3) is 5.55. The summed E-state index contributed by atoms with van der Waals surface area (Å²) in [5.41, 5.74) is 0.902. The van der Waals surface area contributed by atoms with Crippen LogP contribution in [0.2, 0.25) is 0 Å². The predicted molar refractivity (Wildman–Crippen MR) is 109 cm³/mol. The first-order valence-corrected chi connectivity index (χ1v) is 11.2. The fraction of sp³-hybridized carbons (Fsp3) is 0.150. The first-order valence-electron chi connectivity index (χ1n) is 8.75. The summed E-state index contributed by atoms with van der Waals surface area (Å²) in [6.07, 6.45) is 0. The number of rotatable bonds is 8. The SMILES string of the molecule is COc1cccc(CNC(=O)CSc2ccc(S(=O)(=O)c3cccc(F)c3)nn2)c1. The van der Waals surface area contributed by atoms with Crippen molar-refractivity contribution in [2.45, 2.75) is 21.5 Å². The van der Waals surface area contributed by atoms with Crippen LogP contribution in [0.5, 0.6) is 5.75 Å². The number of thioether (sulfide) groups is 1. The molecule has 2 aromatic carbocycles. The minimum absolute atomic E-state index is 0.0919. The number of methoxy groups -OCH3 is 1. The number of benzene rings is 2. The van der Waals surface area contributed by atoms with E-state index in [1.165, 1.54) is 24.3 Å². The number of ether oxygens (including phenoxy) is 1. The first-order chi connectivity index (χ1) is 14.4. The molecule has 3 aromatic rings. The number of aromatic nitrogens is 2. The number of nitrogens with zero attached hydrogens (tertiary/aromatic N) is 2. The van der Waals surface area contributed by atoms with Gasteiger partial charge in [0.25, 0.3) is 0 Å². The Hall–Kier alpha value is -2.98. The molecule has 0 aliphatic carbocycles. The zero-order valence-corrected chi connectivity index (χ0v) is 17.5. The van der Waals surface area contributed by atoms with Gasteiger partial charge in [0.1, 0.15) is 16.6 Å². The number of hydrogen-bond acceptors (Lipinski definition) is 7. The molecule has 156 valence electrons. The highest BCUT2D eigenvalue weighted by Crippen LogP contribution is 2.21. The van der Waals surface area contributed by atoms with E-state index in [0.717, 1.165) is 29.5 Å². The molecule has 0 bridgehead atoms. The molecule has 0 unspecified atom stereocenters. The van der Waals surface area contributed by atoms with Crippen LogP contribution in [-0.2, 0) is 21.2 Å². The Bertz CT molecular complexity index is 1140. The van der Waals surface area contributed by atoms with Crippen molar-refractivity contribution in [2.24, 2.45) is 0 Å². The minimum atomic E-state index is -3.97. The highest BCUT2D eigenvalue weighted by atomic mass is 32.2. The lowest BCUT2D eigenvalue weighted by Crippen LogP contribution is -2.24. The molecule has 1 amide bonds. The van der Waals surface area contributed by atoms with Gasteiger partial charge < -0.3 is 10.1 Å². The summed E-state index contributed by atoms with van der Waals surface area (Å²) in [6.45, 7) is 0.354. The van der Waals surface area contributed by atoms with Crippen LogP contribution in [0.4, 0.5) is 4.39 Å². The molecule has 1 aromatic heterocycles. The quantitative estimate of drug-likeness (QED) is 0.530. The highest BCUT2D eigenvalue weighted by molar-refractivity contribution is 7.99. The molecule has 0 aliphatic heterocycles. The Kier molecular flexibility index (Phi) is 7.01. The maximum Gasteiger partial charge on any atom is 0.230 e. The molecule has 7 nitrogen and oxygen atoms in total. The fourth-order valence-corrected chi connectivity index (χ4v) is 4.26. The fourth-order valence-electron chi connectivity index (χ4n) is 2.46. The van der Waals surface area contributed by atoms with Gasteiger partial charge in [-0.3, -0.25) is 4.79 Å². The number of nitrogens with one attached hydrogen (secondary N) is 1. The molecule has 0 aliphatic rings. The monoisotopic (exact) mass is 447 g/mol. The number of carbonyl (C=O) groups is 1. The van der Waals surface area contributed by atoms with E-state index in [1.807, 2.05) is 24.3 Å². The van der Waals surface area contributed by atoms with E-state index < -0.39 is 15.7 Å². The number of hydrogen-bond donors (Lipinski definition) is 1. The van der Waals surface area contributed by atoms with Crippen molar-refractivity contribution in [2.75, 3.05) is 12.9 Å². The molecule has 1 N–H and O–H groups in total. The molecule has 30 heavy (non-hydrogen) atoms. The third-order valence-corrected chi connectivity index (χ3v) is 6.54. The summed E-state index contributed by atoms with van der Waals surface area (Å²) in [5, 5.41) is 10.5. The van der Waals surface area contributed by atoms with Gasteiger partial charge in [0.15, 0.2) is 5.03 Å². The number of halogens is 1. The number of sulfone groups is 1. The van der Waals surface area contributed by atoms with Crippen molar-refractivity contribution < 1.29 is 22.3 Å². The number of carbonyl (C=O) groups excluding carboxylic acids is 1. The second kappa shape index (κ2) is 9.68. The van der Waals surface area contributed by atoms with Crippen LogP contribution in [0.15, 0.2) is 75.6 Å². The van der Waals surface area contributed by atoms with Gasteiger partial charge in [-0.25, -0.2) is 12.8 Å². The molecular weight excluding hydrogens is 429 g/mol. The Morgan fingerprint density at radius 3 is 2.60 bits per heavy atom. The van der Waals surface area contributed by atoms with Crippen LogP contribution in [0.1, 0.15) is 5.56 Å². The maximum absolute atomic E-state index is 13.3. The van der Waals surface area contributed by atoms with E-state index in [4.69, 9.17) is 4.74 Å². The van der Waals surface area contributed by atoms with Crippen LogP contribution < -0.4 is 10.1 Å². The zero-order chi connectivity index (χ0) is 21.6. The summed E-state index contributed by atoms with van der Waals surface area (Å²) in [7, 11) is -2.39. The second-order valence-corrected chi connectivity index (χ2v) is 8.98. The lowest BCUT2D eigenvalue weighted by molar-refractivity contribution is -0.118. The third-order valence-electron chi connectivity index (χ3n) is 3.97. The molecule has 0 saturated carbocycles. The largest absolute Gasteiger partial charge is 0.497 e. The Balaban J connectivity index is 1.56. The molecule has 10 heteroatoms. The molecule has 0 atom stereocenters. The van der Waals surface area contributed by atoms with E-state index in [-0.39, 0.29) is 21.6 Å². The van der Waals surface area contributed by atoms with Crippen molar-refractivity contribution in [3.05, 3.63) is 72.0 Å². The van der Waals surface area contributed by atoms with E-state index in [9.17, 15) is 17.6 Å². The molecular formula is C20H18FN3O4S2. The molecule has 3 rings (SSSR count). The lowest BCUT2D eigenvalue weighted by Gasteiger charge is -2.07. The summed E-state index contributed by atoms with van der Waals surface area (Å²) in [4.78, 5) is 11.8. The minimum Gasteiger partial charge on any atom is -0.497 e. The first kappa shape index (κ1) is 21.7. The van der Waals surface area contributed by atoms with Gasteiger partial charge in [-0.1, -0.05) is 30.0 Å². The van der Waals surface area contributed by atoms with Crippen LogP contribution in [0.25, 0.3) is 0 Å². The van der Waals surface area contributed by atoms with Crippen LogP contribution in [0.3, 0.4) is 0 Å². The highest BCUT2D eigenvalue weighted by Gasteiger charge is 2.20. The Labute approximate surface area is 177 Å². The van der Waals surface area contributed by atoms with Crippen LogP contribution in [-0.4, -0.2) is 37.4 Å². The van der Waals surface area contributed by atoms with Crippen molar-refractivity contribution >= 4 is 27.5 Å². The van der Waals surface area contributed by atoms with E-state index >= 15 is 0 Å². The average molecular weight is 448 g/mol. The summed E-state index contributed by atoms with van der Waals surface area (Å²) < 4.78 is 43.4. The smallest absolute Gasteiger partial charge is 0.230 e. The van der Waals surface area contributed by atoms with E-state index in [0.29, 0.717) is 17.3 Å². The van der Waals surface area contributed by atoms with E-state index in [2.05, 4.69) is 15.5 Å². The van der Waals surface area contributed by atoms with Gasteiger partial charge in [-0.05, 0) is 48.0 Å². The van der Waals surface area contributed by atoms with Crippen LogP contribution in [0, 0.1) is 5.82 Å². The molecule has 0 radical (unpaired) electrons. The van der Waals surface area contributed by atoms with Gasteiger partial charge in [0, 0.05) is 6.54 Å². The van der Waals surface area contributed by atoms with Crippen molar-refractivity contribution in [1.82, 2.24) is 15.5 Å². The molecule has 0 saturated heterocycles. The Morgan fingerprint density at radius 1 is 1.10 bits per heavy atom. The molecule has 1 heterocycles. The zero-order valence-electron chi connectivity index (χ0n) is 15.9. The van der Waals surface area contributed by atoms with E-state index in [1.54, 1.807) is 7.11 Å². The van der Waals surface area contributed by atoms with Gasteiger partial charge in [0.05, 0.1) is 17.8 Å². The lowest BCUT2D eigenvalue weighted by atomic mass is 10.2. The van der Waals surface area contributed by atoms with Crippen molar-refractivity contribution in [3.8, 4) is 5.75 Å². The topological polar surface area (TPSA) is 98.2 Å². The van der Waals surface area contributed by atoms with Crippen molar-refractivity contribution in [3.63, 3.8) is 0 Å². The van der Waals surface area contributed by atoms with Gasteiger partial charge in [-0.2, -0.15) is 0 Å². The Morgan fingerprint density at radius 2 is 1.90 bits per heavy atom. The van der Waals surface area contributed by atoms with Crippen molar-refractivity contribution in [1.29, 1.82) is 0 Å².